The zero-order chi connectivity index (χ0) is 4.83. The third kappa shape index (κ3) is 4.25. The fourth-order valence-electron chi connectivity index (χ4n) is 0.0983. The summed E-state index contributed by atoms with van der Waals surface area (Å²) in [6.45, 7) is -0.0734. The van der Waals surface area contributed by atoms with Crippen LogP contribution in [0.2, 0.25) is 0 Å². The lowest BCUT2D eigenvalue weighted by Crippen LogP contribution is -1.70. The molecule has 1 nitrogen and oxygen atoms in total. The molecule has 0 aromatic heterocycles. The maximum absolute atomic E-state index is 9.58. The first kappa shape index (κ1) is 6.25. The first-order valence-electron chi connectivity index (χ1n) is 1.58. The van der Waals surface area contributed by atoms with E-state index in [1.165, 1.54) is 0 Å². The first-order chi connectivity index (χ1) is 2.91. The van der Waals surface area contributed by atoms with Crippen LogP contribution in [0.1, 0.15) is 6.42 Å². The van der Waals surface area contributed by atoms with Crippen molar-refractivity contribution < 1.29 is 5.11 Å². The summed E-state index contributed by atoms with van der Waals surface area (Å²) in [5, 5.41) is 9.58. The van der Waals surface area contributed by atoms with E-state index >= 15 is 0 Å². The molecule has 0 rings (SSSR count). The Morgan fingerprint density at radius 3 is 2.50 bits per heavy atom. The molecule has 6 heavy (non-hydrogen) atoms. The van der Waals surface area contributed by atoms with E-state index in [2.05, 4.69) is 9.85 Å². The van der Waals surface area contributed by atoms with Crippen LogP contribution in [0.4, 0.5) is 0 Å². The Balaban J connectivity index is 2.79. The van der Waals surface area contributed by atoms with Gasteiger partial charge in [-0.1, -0.05) is 5.92 Å². The van der Waals surface area contributed by atoms with Crippen LogP contribution < -0.4 is 0 Å². The summed E-state index contributed by atoms with van der Waals surface area (Å²) in [5.74, 6) is 2.62. The van der Waals surface area contributed by atoms with E-state index < -0.39 is 0 Å². The van der Waals surface area contributed by atoms with Gasteiger partial charge in [-0.05, 0) is 3.93 Å². The summed E-state index contributed by atoms with van der Waals surface area (Å²) >= 11 is 1.91. The van der Waals surface area contributed by atoms with Crippen LogP contribution in [-0.4, -0.2) is 6.61 Å². The van der Waals surface area contributed by atoms with Gasteiger partial charge in [0.15, 0.2) is 0 Å². The van der Waals surface area contributed by atoms with Gasteiger partial charge in [-0.3, -0.25) is 0 Å². The lowest BCUT2D eigenvalue weighted by molar-refractivity contribution is 0.201. The van der Waals surface area contributed by atoms with Gasteiger partial charge in [0, 0.05) is 29.0 Å². The minimum Gasteiger partial charge on any atom is -0.236 e. The molecule has 0 heterocycles. The van der Waals surface area contributed by atoms with E-state index in [0.29, 0.717) is 6.42 Å². The van der Waals surface area contributed by atoms with Crippen LogP contribution in [0.3, 0.4) is 0 Å². The molecule has 1 radical (unpaired) electrons. The highest BCUT2D eigenvalue weighted by Crippen LogP contribution is 1.74. The van der Waals surface area contributed by atoms with Crippen molar-refractivity contribution in [2.24, 2.45) is 0 Å². The quantitative estimate of drug-likeness (QED) is 0.442. The Bertz CT molecular complexity index is 69.4. The van der Waals surface area contributed by atoms with Crippen LogP contribution >= 0.6 is 22.6 Å². The van der Waals surface area contributed by atoms with Gasteiger partial charge >= 0.3 is 0 Å². The normalized spacial score (nSPS) is 6.33. The average molecular weight is 195 g/mol. The third-order valence-electron chi connectivity index (χ3n) is 0.294. The molecular formula is C4H4IO. The molecule has 33 valence electrons. The summed E-state index contributed by atoms with van der Waals surface area (Å²) in [5.41, 5.74) is 0. The number of rotatable bonds is 1. The minimum atomic E-state index is -0.0734. The molecule has 0 aromatic carbocycles. The predicted molar refractivity (Wildman–Crippen MR) is 32.0 cm³/mol. The van der Waals surface area contributed by atoms with Crippen molar-refractivity contribution in [3.05, 3.63) is 0 Å². The maximum atomic E-state index is 9.58. The van der Waals surface area contributed by atoms with Crippen LogP contribution in [0.5, 0.6) is 0 Å². The van der Waals surface area contributed by atoms with Crippen molar-refractivity contribution in [3.63, 3.8) is 0 Å². The van der Waals surface area contributed by atoms with E-state index in [0.717, 1.165) is 0 Å². The molecule has 0 saturated carbocycles. The average Bonchev–Trinajstić information content (AvgIpc) is 1.61. The molecule has 0 atom stereocenters. The molecule has 0 spiro atoms. The van der Waals surface area contributed by atoms with Crippen LogP contribution in [0.15, 0.2) is 0 Å². The van der Waals surface area contributed by atoms with Crippen molar-refractivity contribution in [3.8, 4) is 9.85 Å². The summed E-state index contributed by atoms with van der Waals surface area (Å²) in [6, 6.07) is 0. The lowest BCUT2D eigenvalue weighted by Gasteiger charge is -1.68. The van der Waals surface area contributed by atoms with Gasteiger partial charge in [-0.2, -0.15) is 0 Å². The van der Waals surface area contributed by atoms with Gasteiger partial charge in [0.2, 0.25) is 0 Å². The largest absolute Gasteiger partial charge is 0.236 e. The highest BCUT2D eigenvalue weighted by Gasteiger charge is 1.67. The van der Waals surface area contributed by atoms with Crippen LogP contribution in [-0.2, 0) is 5.11 Å². The molecule has 0 aromatic rings. The molecular weight excluding hydrogens is 191 g/mol. The van der Waals surface area contributed by atoms with E-state index in [9.17, 15) is 5.11 Å². The number of halogens is 1. The Morgan fingerprint density at radius 2 is 2.33 bits per heavy atom. The third-order valence-corrected chi connectivity index (χ3v) is 0.675. The second-order valence-electron chi connectivity index (χ2n) is 0.725. The van der Waals surface area contributed by atoms with Crippen molar-refractivity contribution in [1.82, 2.24) is 0 Å². The zero-order valence-corrected chi connectivity index (χ0v) is 5.36. The van der Waals surface area contributed by atoms with E-state index in [1.54, 1.807) is 0 Å². The summed E-state index contributed by atoms with van der Waals surface area (Å²) in [6.07, 6.45) is 0.489. The van der Waals surface area contributed by atoms with Crippen molar-refractivity contribution in [2.75, 3.05) is 6.61 Å². The van der Waals surface area contributed by atoms with Crippen LogP contribution in [0.25, 0.3) is 0 Å². The van der Waals surface area contributed by atoms with Gasteiger partial charge < -0.3 is 0 Å². The summed E-state index contributed by atoms with van der Waals surface area (Å²) < 4.78 is 2.59. The van der Waals surface area contributed by atoms with Gasteiger partial charge in [-0.15, -0.1) is 0 Å². The fraction of sp³-hybridized carbons (Fsp3) is 0.500. The van der Waals surface area contributed by atoms with Crippen molar-refractivity contribution >= 4 is 22.6 Å². The van der Waals surface area contributed by atoms with E-state index in [4.69, 9.17) is 0 Å². The molecule has 0 unspecified atom stereocenters. The monoisotopic (exact) mass is 195 g/mol. The molecule has 0 aliphatic heterocycles. The molecule has 0 amide bonds. The zero-order valence-electron chi connectivity index (χ0n) is 3.20. The van der Waals surface area contributed by atoms with Gasteiger partial charge in [-0.25, -0.2) is 5.11 Å². The van der Waals surface area contributed by atoms with E-state index in [1.807, 2.05) is 22.6 Å². The van der Waals surface area contributed by atoms with Crippen molar-refractivity contribution in [1.29, 1.82) is 0 Å². The van der Waals surface area contributed by atoms with Gasteiger partial charge in [0.25, 0.3) is 0 Å². The molecule has 0 bridgehead atoms. The standard InChI is InChI=1S/C4H4IO/c5-3-1-2-4-6/h2,4H2. The lowest BCUT2D eigenvalue weighted by atomic mass is 10.5. The Morgan fingerprint density at radius 1 is 1.67 bits per heavy atom. The van der Waals surface area contributed by atoms with E-state index in [-0.39, 0.29) is 6.61 Å². The highest BCUT2D eigenvalue weighted by molar-refractivity contribution is 14.1. The maximum Gasteiger partial charge on any atom is 0.0931 e. The topological polar surface area (TPSA) is 19.9 Å². The molecule has 2 heteroatoms. The Kier molecular flexibility index (Phi) is 5.47. The predicted octanol–water partition coefficient (Wildman–Crippen LogP) is 1.20. The summed E-state index contributed by atoms with van der Waals surface area (Å²) in [7, 11) is 0. The van der Waals surface area contributed by atoms with Gasteiger partial charge in [0.1, 0.15) is 0 Å². The molecule has 0 N–H and O–H groups in total. The molecule has 0 fully saturated rings. The number of hydrogen-bond donors (Lipinski definition) is 0. The molecule has 0 aliphatic carbocycles. The Hall–Kier alpha value is 0.250. The molecule has 0 saturated heterocycles. The first-order valence-corrected chi connectivity index (χ1v) is 2.66. The SMILES string of the molecule is [O]CCC#CI. The smallest absolute Gasteiger partial charge is 0.0931 e. The van der Waals surface area contributed by atoms with Gasteiger partial charge in [0.05, 0.1) is 6.61 Å². The highest BCUT2D eigenvalue weighted by atomic mass is 127. The fourth-order valence-corrected chi connectivity index (χ4v) is 0.368. The van der Waals surface area contributed by atoms with Crippen LogP contribution in [0, 0.1) is 9.85 Å². The molecule has 0 aliphatic rings. The second-order valence-corrected chi connectivity index (χ2v) is 1.26. The minimum absolute atomic E-state index is 0.0734. The second kappa shape index (κ2) is 5.25. The van der Waals surface area contributed by atoms with Crippen molar-refractivity contribution in [2.45, 2.75) is 6.42 Å². The summed E-state index contributed by atoms with van der Waals surface area (Å²) in [4.78, 5) is 0. The Labute approximate surface area is 50.9 Å². The number of hydrogen-bond acceptors (Lipinski definition) is 0.